The largest absolute Gasteiger partial charge is 0.507 e. The Kier molecular flexibility index (Phi) is 3.39. The van der Waals surface area contributed by atoms with Crippen molar-refractivity contribution in [1.29, 1.82) is 0 Å². The van der Waals surface area contributed by atoms with Gasteiger partial charge in [-0.2, -0.15) is 0 Å². The molecule has 1 aliphatic rings. The van der Waals surface area contributed by atoms with Gasteiger partial charge >= 0.3 is 0 Å². The standard InChI is InChI=1S/C14H10INO4/c15-10-3-1-8(5-11(10)17)14(18)16-9-2-4-12-13(6-9)20-7-19-12/h1-6,17H,7H2,(H,16,18). The van der Waals surface area contributed by atoms with Crippen molar-refractivity contribution in [2.24, 2.45) is 0 Å². The molecule has 0 atom stereocenters. The molecule has 1 aliphatic heterocycles. The Morgan fingerprint density at radius 3 is 2.75 bits per heavy atom. The number of benzene rings is 2. The third-order valence-electron chi connectivity index (χ3n) is 2.84. The van der Waals surface area contributed by atoms with Crippen LogP contribution in [0, 0.1) is 3.57 Å². The SMILES string of the molecule is O=C(Nc1ccc2c(c1)OCO2)c1ccc(I)c(O)c1. The molecule has 0 aromatic heterocycles. The Hall–Kier alpha value is -1.96. The molecule has 2 N–H and O–H groups in total. The van der Waals surface area contributed by atoms with Gasteiger partial charge in [-0.15, -0.1) is 0 Å². The molecule has 3 rings (SSSR count). The zero-order chi connectivity index (χ0) is 14.1. The van der Waals surface area contributed by atoms with Gasteiger partial charge in [-0.05, 0) is 52.9 Å². The van der Waals surface area contributed by atoms with Gasteiger partial charge in [0.1, 0.15) is 5.75 Å². The molecular weight excluding hydrogens is 373 g/mol. The van der Waals surface area contributed by atoms with Crippen LogP contribution in [0.2, 0.25) is 0 Å². The summed E-state index contributed by atoms with van der Waals surface area (Å²) in [4.78, 5) is 12.1. The fraction of sp³-hybridized carbons (Fsp3) is 0.0714. The number of anilines is 1. The number of phenolic OH excluding ortho intramolecular Hbond substituents is 1. The molecule has 0 aliphatic carbocycles. The molecule has 0 radical (unpaired) electrons. The van der Waals surface area contributed by atoms with E-state index in [0.717, 1.165) is 0 Å². The van der Waals surface area contributed by atoms with Crippen molar-refractivity contribution in [2.75, 3.05) is 12.1 Å². The van der Waals surface area contributed by atoms with Gasteiger partial charge in [-0.1, -0.05) is 0 Å². The van der Waals surface area contributed by atoms with Crippen LogP contribution in [0.4, 0.5) is 5.69 Å². The number of rotatable bonds is 2. The van der Waals surface area contributed by atoms with Crippen LogP contribution in [-0.2, 0) is 0 Å². The normalized spacial score (nSPS) is 12.2. The summed E-state index contributed by atoms with van der Waals surface area (Å²) in [6.07, 6.45) is 0. The number of nitrogens with one attached hydrogen (secondary N) is 1. The summed E-state index contributed by atoms with van der Waals surface area (Å²) in [5.41, 5.74) is 0.998. The Labute approximate surface area is 128 Å². The van der Waals surface area contributed by atoms with E-state index in [1.165, 1.54) is 6.07 Å². The van der Waals surface area contributed by atoms with Crippen LogP contribution in [-0.4, -0.2) is 17.8 Å². The lowest BCUT2D eigenvalue weighted by Crippen LogP contribution is -2.11. The lowest BCUT2D eigenvalue weighted by Gasteiger charge is -2.07. The molecule has 102 valence electrons. The monoisotopic (exact) mass is 383 g/mol. The highest BCUT2D eigenvalue weighted by atomic mass is 127. The Bertz CT molecular complexity index is 687. The van der Waals surface area contributed by atoms with Crippen molar-refractivity contribution in [3.63, 3.8) is 0 Å². The molecule has 0 saturated heterocycles. The molecule has 0 unspecified atom stereocenters. The van der Waals surface area contributed by atoms with E-state index in [2.05, 4.69) is 5.32 Å². The summed E-state index contributed by atoms with van der Waals surface area (Å²) in [6, 6.07) is 9.95. The fourth-order valence-electron chi connectivity index (χ4n) is 1.83. The summed E-state index contributed by atoms with van der Waals surface area (Å²) < 4.78 is 11.1. The van der Waals surface area contributed by atoms with Crippen molar-refractivity contribution < 1.29 is 19.4 Å². The molecular formula is C14H10INO4. The van der Waals surface area contributed by atoms with E-state index < -0.39 is 0 Å². The molecule has 20 heavy (non-hydrogen) atoms. The van der Waals surface area contributed by atoms with Crippen LogP contribution >= 0.6 is 22.6 Å². The van der Waals surface area contributed by atoms with E-state index in [0.29, 0.717) is 26.3 Å². The van der Waals surface area contributed by atoms with Gasteiger partial charge in [0.15, 0.2) is 11.5 Å². The number of ether oxygens (including phenoxy) is 2. The first-order valence-electron chi connectivity index (χ1n) is 5.83. The van der Waals surface area contributed by atoms with Crippen molar-refractivity contribution in [3.8, 4) is 17.2 Å². The second-order valence-corrected chi connectivity index (χ2v) is 5.35. The maximum atomic E-state index is 12.1. The molecule has 6 heteroatoms. The summed E-state index contributed by atoms with van der Waals surface area (Å²) >= 11 is 2.00. The predicted octanol–water partition coefficient (Wildman–Crippen LogP) is 2.98. The molecule has 0 fully saturated rings. The number of hydrogen-bond acceptors (Lipinski definition) is 4. The van der Waals surface area contributed by atoms with E-state index in [-0.39, 0.29) is 18.4 Å². The highest BCUT2D eigenvalue weighted by Gasteiger charge is 2.15. The molecule has 2 aromatic rings. The maximum absolute atomic E-state index is 12.1. The Balaban J connectivity index is 1.80. The summed E-state index contributed by atoms with van der Waals surface area (Å²) in [7, 11) is 0. The first-order chi connectivity index (χ1) is 9.63. The van der Waals surface area contributed by atoms with Crippen LogP contribution in [0.3, 0.4) is 0 Å². The minimum atomic E-state index is -0.296. The third kappa shape index (κ3) is 2.51. The van der Waals surface area contributed by atoms with Gasteiger partial charge in [0, 0.05) is 17.3 Å². The van der Waals surface area contributed by atoms with Gasteiger partial charge in [0.25, 0.3) is 5.91 Å². The Morgan fingerprint density at radius 1 is 1.15 bits per heavy atom. The quantitative estimate of drug-likeness (QED) is 0.783. The number of amides is 1. The minimum absolute atomic E-state index is 0.0870. The predicted molar refractivity (Wildman–Crippen MR) is 81.3 cm³/mol. The summed E-state index contributed by atoms with van der Waals surface area (Å²) in [6.45, 7) is 0.192. The number of phenols is 1. The number of fused-ring (bicyclic) bond motifs is 1. The van der Waals surface area contributed by atoms with E-state index in [1.807, 2.05) is 22.6 Å². The van der Waals surface area contributed by atoms with Crippen molar-refractivity contribution in [1.82, 2.24) is 0 Å². The lowest BCUT2D eigenvalue weighted by atomic mass is 10.2. The average Bonchev–Trinajstić information content (AvgIpc) is 2.89. The summed E-state index contributed by atoms with van der Waals surface area (Å²) in [5.74, 6) is 1.06. The Morgan fingerprint density at radius 2 is 1.95 bits per heavy atom. The van der Waals surface area contributed by atoms with Crippen LogP contribution < -0.4 is 14.8 Å². The van der Waals surface area contributed by atoms with Crippen LogP contribution in [0.5, 0.6) is 17.2 Å². The van der Waals surface area contributed by atoms with Gasteiger partial charge < -0.3 is 19.9 Å². The van der Waals surface area contributed by atoms with E-state index >= 15 is 0 Å². The van der Waals surface area contributed by atoms with Crippen LogP contribution in [0.25, 0.3) is 0 Å². The number of carbonyl (C=O) groups excluding carboxylic acids is 1. The average molecular weight is 383 g/mol. The smallest absolute Gasteiger partial charge is 0.255 e. The van der Waals surface area contributed by atoms with Crippen molar-refractivity contribution >= 4 is 34.2 Å². The third-order valence-corrected chi connectivity index (χ3v) is 3.75. The zero-order valence-electron chi connectivity index (χ0n) is 10.2. The zero-order valence-corrected chi connectivity index (χ0v) is 12.4. The van der Waals surface area contributed by atoms with E-state index in [4.69, 9.17) is 9.47 Å². The van der Waals surface area contributed by atoms with Crippen molar-refractivity contribution in [3.05, 3.63) is 45.5 Å². The maximum Gasteiger partial charge on any atom is 0.255 e. The first-order valence-corrected chi connectivity index (χ1v) is 6.91. The van der Waals surface area contributed by atoms with Crippen LogP contribution in [0.15, 0.2) is 36.4 Å². The number of halogens is 1. The molecule has 0 saturated carbocycles. The van der Waals surface area contributed by atoms with Gasteiger partial charge in [0.05, 0.1) is 3.57 Å². The van der Waals surface area contributed by atoms with Crippen LogP contribution in [0.1, 0.15) is 10.4 Å². The van der Waals surface area contributed by atoms with Gasteiger partial charge in [-0.25, -0.2) is 0 Å². The van der Waals surface area contributed by atoms with Crippen molar-refractivity contribution in [2.45, 2.75) is 0 Å². The highest BCUT2D eigenvalue weighted by molar-refractivity contribution is 14.1. The minimum Gasteiger partial charge on any atom is -0.507 e. The second-order valence-electron chi connectivity index (χ2n) is 4.19. The summed E-state index contributed by atoms with van der Waals surface area (Å²) in [5, 5.41) is 12.4. The molecule has 1 heterocycles. The van der Waals surface area contributed by atoms with E-state index in [9.17, 15) is 9.90 Å². The fourth-order valence-corrected chi connectivity index (χ4v) is 2.17. The topological polar surface area (TPSA) is 67.8 Å². The second kappa shape index (κ2) is 5.20. The molecule has 0 bridgehead atoms. The van der Waals surface area contributed by atoms with Gasteiger partial charge in [-0.3, -0.25) is 4.79 Å². The number of aromatic hydroxyl groups is 1. The first kappa shape index (κ1) is 13.0. The number of carbonyl (C=O) groups is 1. The number of hydrogen-bond donors (Lipinski definition) is 2. The lowest BCUT2D eigenvalue weighted by molar-refractivity contribution is 0.102. The molecule has 0 spiro atoms. The molecule has 1 amide bonds. The molecule has 5 nitrogen and oxygen atoms in total. The van der Waals surface area contributed by atoms with E-state index in [1.54, 1.807) is 30.3 Å². The highest BCUT2D eigenvalue weighted by Crippen LogP contribution is 2.34. The molecule has 2 aromatic carbocycles. The van der Waals surface area contributed by atoms with Gasteiger partial charge in [0.2, 0.25) is 6.79 Å².